The van der Waals surface area contributed by atoms with Gasteiger partial charge in [-0.15, -0.1) is 5.10 Å². The molecule has 2 saturated heterocycles. The summed E-state index contributed by atoms with van der Waals surface area (Å²) in [6.45, 7) is 14.2. The standard InChI is InChI=1S/C42H50ClN7O5/c1-41(2,3)48-22-20-33(21-23-48)54-34-25-35(28-10-8-7-9-11-28)38(39(52)45-32-16-12-29(13-17-32)40(53)55-42(4,5)6)49(26-34)37(51)19-14-30-24-31(43)15-18-36(30)50-27-44-46-47-50/h7-19,24,27,33-35,38H,20-23,25-26H2,1-6H3,(H,45,52)/b19-14+. The van der Waals surface area contributed by atoms with Gasteiger partial charge in [0.05, 0.1) is 23.5 Å². The molecule has 1 N–H and O–H groups in total. The molecule has 0 radical (unpaired) electrons. The average molecular weight is 768 g/mol. The zero-order chi connectivity index (χ0) is 39.3. The van der Waals surface area contributed by atoms with E-state index in [0.717, 1.165) is 31.5 Å². The maximum Gasteiger partial charge on any atom is 0.338 e. The van der Waals surface area contributed by atoms with Gasteiger partial charge in [-0.3, -0.25) is 14.5 Å². The smallest absolute Gasteiger partial charge is 0.338 e. The van der Waals surface area contributed by atoms with Gasteiger partial charge in [-0.1, -0.05) is 41.9 Å². The molecule has 0 bridgehead atoms. The van der Waals surface area contributed by atoms with Crippen LogP contribution in [0.5, 0.6) is 0 Å². The van der Waals surface area contributed by atoms with Crippen LogP contribution in [0.15, 0.2) is 85.2 Å². The summed E-state index contributed by atoms with van der Waals surface area (Å²) in [7, 11) is 0. The number of piperidine rings is 2. The third kappa shape index (κ3) is 10.2. The highest BCUT2D eigenvalue weighted by molar-refractivity contribution is 6.30. The third-order valence-electron chi connectivity index (χ3n) is 9.97. The lowest BCUT2D eigenvalue weighted by Crippen LogP contribution is -2.58. The Balaban J connectivity index is 1.31. The van der Waals surface area contributed by atoms with E-state index in [9.17, 15) is 14.4 Å². The first kappa shape index (κ1) is 39.8. The number of nitrogens with zero attached hydrogens (tertiary/aromatic N) is 6. The van der Waals surface area contributed by atoms with E-state index < -0.39 is 17.6 Å². The van der Waals surface area contributed by atoms with Crippen LogP contribution in [-0.2, 0) is 19.1 Å². The fraction of sp³-hybridized carbons (Fsp3) is 0.429. The van der Waals surface area contributed by atoms with Crippen LogP contribution >= 0.6 is 11.6 Å². The lowest BCUT2D eigenvalue weighted by atomic mass is 9.81. The number of carbonyl (C=O) groups is 3. The number of rotatable bonds is 9. The lowest BCUT2D eigenvalue weighted by Gasteiger charge is -2.46. The molecule has 12 nitrogen and oxygen atoms in total. The molecule has 2 aliphatic heterocycles. The molecule has 13 heteroatoms. The predicted molar refractivity (Wildman–Crippen MR) is 212 cm³/mol. The highest BCUT2D eigenvalue weighted by atomic mass is 35.5. The molecular formula is C42H50ClN7O5. The molecule has 3 atom stereocenters. The molecule has 3 unspecified atom stereocenters. The van der Waals surface area contributed by atoms with Crippen LogP contribution in [0.3, 0.4) is 0 Å². The summed E-state index contributed by atoms with van der Waals surface area (Å²) in [6, 6.07) is 20.7. The number of nitrogens with one attached hydrogen (secondary N) is 1. The molecule has 2 aliphatic rings. The van der Waals surface area contributed by atoms with Crippen molar-refractivity contribution in [3.63, 3.8) is 0 Å². The maximum absolute atomic E-state index is 14.5. The minimum absolute atomic E-state index is 0.0340. The van der Waals surface area contributed by atoms with E-state index in [1.54, 1.807) is 53.4 Å². The van der Waals surface area contributed by atoms with Gasteiger partial charge >= 0.3 is 5.97 Å². The zero-order valence-electron chi connectivity index (χ0n) is 32.3. The van der Waals surface area contributed by atoms with Gasteiger partial charge in [0.2, 0.25) is 11.8 Å². The molecule has 0 saturated carbocycles. The van der Waals surface area contributed by atoms with Crippen molar-refractivity contribution < 1.29 is 23.9 Å². The molecule has 0 spiro atoms. The molecule has 6 rings (SSSR count). The molecule has 3 aromatic carbocycles. The summed E-state index contributed by atoms with van der Waals surface area (Å²) in [4.78, 5) is 45.8. The van der Waals surface area contributed by atoms with Crippen molar-refractivity contribution in [3.8, 4) is 5.69 Å². The number of halogens is 1. The SMILES string of the molecule is CC(C)(C)OC(=O)c1ccc(NC(=O)C2C(c3ccccc3)CC(OC3CCN(C(C)(C)C)CC3)CN2C(=O)/C=C/c2cc(Cl)ccc2-n2cnnn2)cc1. The molecule has 2 fully saturated rings. The summed E-state index contributed by atoms with van der Waals surface area (Å²) in [5.41, 5.74) is 2.46. The number of esters is 1. The quantitative estimate of drug-likeness (QED) is 0.142. The first-order valence-electron chi connectivity index (χ1n) is 18.8. The molecule has 0 aliphatic carbocycles. The minimum atomic E-state index is -0.883. The van der Waals surface area contributed by atoms with Crippen LogP contribution in [0.25, 0.3) is 11.8 Å². The van der Waals surface area contributed by atoms with Crippen molar-refractivity contribution in [2.24, 2.45) is 0 Å². The highest BCUT2D eigenvalue weighted by Crippen LogP contribution is 2.37. The summed E-state index contributed by atoms with van der Waals surface area (Å²) < 4.78 is 13.8. The van der Waals surface area contributed by atoms with E-state index in [2.05, 4.69) is 46.5 Å². The monoisotopic (exact) mass is 767 g/mol. The number of carbonyl (C=O) groups excluding carboxylic acids is 3. The van der Waals surface area contributed by atoms with Crippen LogP contribution in [0.4, 0.5) is 5.69 Å². The zero-order valence-corrected chi connectivity index (χ0v) is 33.1. The Labute approximate surface area is 327 Å². The maximum atomic E-state index is 14.5. The summed E-state index contributed by atoms with van der Waals surface area (Å²) in [6.07, 6.45) is 6.63. The Hall–Kier alpha value is -4.91. The number of tetrazole rings is 1. The second-order valence-corrected chi connectivity index (χ2v) is 16.6. The number of hydrogen-bond donors (Lipinski definition) is 1. The Morgan fingerprint density at radius 1 is 0.909 bits per heavy atom. The highest BCUT2D eigenvalue weighted by Gasteiger charge is 2.44. The fourth-order valence-electron chi connectivity index (χ4n) is 7.28. The van der Waals surface area contributed by atoms with Crippen LogP contribution < -0.4 is 5.32 Å². The number of aromatic nitrogens is 4. The second kappa shape index (κ2) is 16.8. The van der Waals surface area contributed by atoms with Crippen LogP contribution in [-0.4, -0.2) is 96.8 Å². The summed E-state index contributed by atoms with van der Waals surface area (Å²) >= 11 is 6.38. The van der Waals surface area contributed by atoms with E-state index in [4.69, 9.17) is 21.1 Å². The van der Waals surface area contributed by atoms with Crippen molar-refractivity contribution in [1.29, 1.82) is 0 Å². The van der Waals surface area contributed by atoms with Crippen LogP contribution in [0, 0.1) is 0 Å². The first-order valence-corrected chi connectivity index (χ1v) is 19.1. The van der Waals surface area contributed by atoms with E-state index in [-0.39, 0.29) is 42.0 Å². The Morgan fingerprint density at radius 2 is 1.62 bits per heavy atom. The second-order valence-electron chi connectivity index (χ2n) is 16.2. The Bertz CT molecular complexity index is 1970. The van der Waals surface area contributed by atoms with Crippen molar-refractivity contribution >= 4 is 41.1 Å². The fourth-order valence-corrected chi connectivity index (χ4v) is 7.46. The summed E-state index contributed by atoms with van der Waals surface area (Å²) in [5, 5.41) is 15.0. The molecule has 1 aromatic heterocycles. The predicted octanol–water partition coefficient (Wildman–Crippen LogP) is 6.96. The summed E-state index contributed by atoms with van der Waals surface area (Å²) in [5.74, 6) is -1.55. The van der Waals surface area contributed by atoms with Crippen molar-refractivity contribution in [1.82, 2.24) is 30.0 Å². The van der Waals surface area contributed by atoms with Gasteiger partial charge in [0.1, 0.15) is 18.0 Å². The van der Waals surface area contributed by atoms with Gasteiger partial charge in [0.25, 0.3) is 0 Å². The van der Waals surface area contributed by atoms with Gasteiger partial charge in [0, 0.05) is 53.4 Å². The van der Waals surface area contributed by atoms with E-state index >= 15 is 0 Å². The molecular weight excluding hydrogens is 718 g/mol. The molecule has 3 heterocycles. The molecule has 55 heavy (non-hydrogen) atoms. The van der Waals surface area contributed by atoms with Crippen molar-refractivity contribution in [2.75, 3.05) is 25.0 Å². The number of hydrogen-bond acceptors (Lipinski definition) is 9. The van der Waals surface area contributed by atoms with Gasteiger partial charge in [-0.25, -0.2) is 4.79 Å². The van der Waals surface area contributed by atoms with E-state index in [1.807, 2.05) is 51.1 Å². The Kier molecular flexibility index (Phi) is 12.2. The van der Waals surface area contributed by atoms with Gasteiger partial charge in [-0.05, 0) is 125 Å². The first-order chi connectivity index (χ1) is 26.1. The molecule has 4 aromatic rings. The van der Waals surface area contributed by atoms with Crippen molar-refractivity contribution in [3.05, 3.63) is 107 Å². The molecule has 290 valence electrons. The average Bonchev–Trinajstić information content (AvgIpc) is 3.68. The number of ether oxygens (including phenoxy) is 2. The molecule has 2 amide bonds. The van der Waals surface area contributed by atoms with Gasteiger partial charge in [-0.2, -0.15) is 4.68 Å². The normalized spacial score (nSPS) is 20.1. The number of anilines is 1. The topological polar surface area (TPSA) is 132 Å². The Morgan fingerprint density at radius 3 is 2.25 bits per heavy atom. The minimum Gasteiger partial charge on any atom is -0.456 e. The lowest BCUT2D eigenvalue weighted by molar-refractivity contribution is -0.146. The van der Waals surface area contributed by atoms with Crippen molar-refractivity contribution in [2.45, 2.75) is 96.1 Å². The largest absolute Gasteiger partial charge is 0.456 e. The number of benzene rings is 3. The van der Waals surface area contributed by atoms with Gasteiger partial charge < -0.3 is 19.7 Å². The van der Waals surface area contributed by atoms with E-state index in [0.29, 0.717) is 33.9 Å². The number of likely N-dealkylation sites (tertiary alicyclic amines) is 2. The van der Waals surface area contributed by atoms with Crippen LogP contribution in [0.2, 0.25) is 5.02 Å². The number of amides is 2. The van der Waals surface area contributed by atoms with E-state index in [1.165, 1.54) is 17.1 Å². The third-order valence-corrected chi connectivity index (χ3v) is 10.2. The van der Waals surface area contributed by atoms with Crippen LogP contribution in [0.1, 0.15) is 88.2 Å². The van der Waals surface area contributed by atoms with Gasteiger partial charge in [0.15, 0.2) is 0 Å².